The first-order chi connectivity index (χ1) is 12.5. The Morgan fingerprint density at radius 3 is 3.00 bits per heavy atom. The van der Waals surface area contributed by atoms with Gasteiger partial charge in [0.2, 0.25) is 5.91 Å². The van der Waals surface area contributed by atoms with Crippen LogP contribution in [0.3, 0.4) is 0 Å². The van der Waals surface area contributed by atoms with Crippen molar-refractivity contribution in [2.75, 3.05) is 18.2 Å². The van der Waals surface area contributed by atoms with Gasteiger partial charge in [0.1, 0.15) is 5.00 Å². The summed E-state index contributed by atoms with van der Waals surface area (Å²) in [5, 5.41) is 4.04. The van der Waals surface area contributed by atoms with Crippen LogP contribution in [0.1, 0.15) is 39.8 Å². The molecule has 1 aliphatic carbocycles. The van der Waals surface area contributed by atoms with Crippen molar-refractivity contribution in [3.05, 3.63) is 34.0 Å². The highest BCUT2D eigenvalue weighted by atomic mass is 32.2. The summed E-state index contributed by atoms with van der Waals surface area (Å²) < 4.78 is 4.94. The number of amides is 1. The molecular weight excluding hydrogens is 370 g/mol. The molecule has 0 saturated carbocycles. The number of carbonyl (C=O) groups excluding carboxylic acids is 2. The van der Waals surface area contributed by atoms with Gasteiger partial charge < -0.3 is 10.1 Å². The molecule has 0 aliphatic heterocycles. The van der Waals surface area contributed by atoms with Crippen molar-refractivity contribution in [2.45, 2.75) is 38.3 Å². The van der Waals surface area contributed by atoms with Crippen LogP contribution in [0.25, 0.3) is 0 Å². The van der Waals surface area contributed by atoms with E-state index in [1.54, 1.807) is 6.20 Å². The van der Waals surface area contributed by atoms with Gasteiger partial charge in [0.15, 0.2) is 5.16 Å². The lowest BCUT2D eigenvalue weighted by molar-refractivity contribution is -0.113. The predicted molar refractivity (Wildman–Crippen MR) is 103 cm³/mol. The van der Waals surface area contributed by atoms with E-state index in [1.807, 2.05) is 13.0 Å². The average molecular weight is 392 g/mol. The minimum atomic E-state index is -0.387. The number of carbonyl (C=O) groups is 2. The van der Waals surface area contributed by atoms with Gasteiger partial charge >= 0.3 is 5.97 Å². The van der Waals surface area contributed by atoms with Crippen LogP contribution in [0.4, 0.5) is 5.00 Å². The lowest BCUT2D eigenvalue weighted by Crippen LogP contribution is -2.17. The third-order valence-electron chi connectivity index (χ3n) is 4.26. The fourth-order valence-electron chi connectivity index (χ4n) is 2.95. The molecule has 0 aromatic carbocycles. The van der Waals surface area contributed by atoms with Gasteiger partial charge in [-0.25, -0.2) is 14.8 Å². The van der Waals surface area contributed by atoms with Gasteiger partial charge in [-0.15, -0.1) is 11.3 Å². The van der Waals surface area contributed by atoms with Crippen LogP contribution in [0.2, 0.25) is 0 Å². The lowest BCUT2D eigenvalue weighted by atomic mass is 9.88. The van der Waals surface area contributed by atoms with E-state index in [-0.39, 0.29) is 17.6 Å². The van der Waals surface area contributed by atoms with Gasteiger partial charge in [0.25, 0.3) is 0 Å². The molecule has 0 bridgehead atoms. The smallest absolute Gasteiger partial charge is 0.341 e. The summed E-state index contributed by atoms with van der Waals surface area (Å²) in [6, 6.07) is 1.81. The Morgan fingerprint density at radius 1 is 1.46 bits per heavy atom. The van der Waals surface area contributed by atoms with Gasteiger partial charge in [-0.05, 0) is 43.7 Å². The molecule has 3 rings (SSSR count). The van der Waals surface area contributed by atoms with Crippen LogP contribution in [-0.2, 0) is 22.4 Å². The van der Waals surface area contributed by atoms with Crippen molar-refractivity contribution in [1.82, 2.24) is 9.97 Å². The summed E-state index contributed by atoms with van der Waals surface area (Å²) in [6.45, 7) is 4.09. The van der Waals surface area contributed by atoms with E-state index >= 15 is 0 Å². The summed E-state index contributed by atoms with van der Waals surface area (Å²) in [4.78, 5) is 34.2. The zero-order chi connectivity index (χ0) is 18.7. The van der Waals surface area contributed by atoms with Crippen molar-refractivity contribution < 1.29 is 14.3 Å². The maximum absolute atomic E-state index is 12.4. The van der Waals surface area contributed by atoms with Crippen molar-refractivity contribution in [1.29, 1.82) is 0 Å². The summed E-state index contributed by atoms with van der Waals surface area (Å²) in [6.07, 6.45) is 4.50. The maximum Gasteiger partial charge on any atom is 0.341 e. The van der Waals surface area contributed by atoms with Crippen LogP contribution in [0.5, 0.6) is 0 Å². The highest BCUT2D eigenvalue weighted by Gasteiger charge is 2.28. The Labute approximate surface area is 160 Å². The van der Waals surface area contributed by atoms with Crippen LogP contribution in [0.15, 0.2) is 17.4 Å². The predicted octanol–water partition coefficient (Wildman–Crippen LogP) is 3.49. The Hall–Kier alpha value is -1.93. The molecular formula is C18H21N3O3S2. The van der Waals surface area contributed by atoms with Crippen LogP contribution in [0, 0.1) is 12.8 Å². The standard InChI is InChI=1S/C18H21N3O3S2/c1-10-4-5-12-13(8-10)26-16(15(12)17(23)24-3)21-14(22)9-25-18-19-7-6-11(2)20-18/h6-7,10H,4-5,8-9H2,1-3H3,(H,21,22). The number of thioether (sulfide) groups is 1. The zero-order valence-electron chi connectivity index (χ0n) is 15.0. The molecule has 1 atom stereocenters. The van der Waals surface area contributed by atoms with Crippen LogP contribution in [-0.4, -0.2) is 34.7 Å². The molecule has 0 fully saturated rings. The number of nitrogens with one attached hydrogen (secondary N) is 1. The van der Waals surface area contributed by atoms with E-state index in [1.165, 1.54) is 35.1 Å². The van der Waals surface area contributed by atoms with Crippen LogP contribution < -0.4 is 5.32 Å². The van der Waals surface area contributed by atoms with E-state index in [9.17, 15) is 9.59 Å². The monoisotopic (exact) mass is 391 g/mol. The fraction of sp³-hybridized carbons (Fsp3) is 0.444. The lowest BCUT2D eigenvalue weighted by Gasteiger charge is -2.18. The van der Waals surface area contributed by atoms with E-state index in [2.05, 4.69) is 22.2 Å². The number of aromatic nitrogens is 2. The molecule has 0 spiro atoms. The molecule has 8 heteroatoms. The van der Waals surface area contributed by atoms with Crippen molar-refractivity contribution in [2.24, 2.45) is 5.92 Å². The third-order valence-corrected chi connectivity index (χ3v) is 6.29. The van der Waals surface area contributed by atoms with E-state index in [0.29, 0.717) is 21.6 Å². The maximum atomic E-state index is 12.4. The number of hydrogen-bond donors (Lipinski definition) is 1. The molecule has 2 aromatic rings. The molecule has 0 saturated heterocycles. The fourth-order valence-corrected chi connectivity index (χ4v) is 5.04. The average Bonchev–Trinajstić information content (AvgIpc) is 2.96. The number of methoxy groups -OCH3 is 1. The molecule has 6 nitrogen and oxygen atoms in total. The number of aryl methyl sites for hydroxylation is 1. The molecule has 2 aromatic heterocycles. The number of rotatable bonds is 5. The Balaban J connectivity index is 1.74. The Morgan fingerprint density at radius 2 is 2.27 bits per heavy atom. The number of thiophene rings is 1. The molecule has 26 heavy (non-hydrogen) atoms. The topological polar surface area (TPSA) is 81.2 Å². The minimum absolute atomic E-state index is 0.183. The molecule has 0 radical (unpaired) electrons. The molecule has 1 amide bonds. The van der Waals surface area contributed by atoms with Gasteiger partial charge in [0, 0.05) is 16.8 Å². The second-order valence-electron chi connectivity index (χ2n) is 6.36. The summed E-state index contributed by atoms with van der Waals surface area (Å²) in [5.41, 5.74) is 2.41. The Kier molecular flexibility index (Phi) is 5.93. The van der Waals surface area contributed by atoms with E-state index in [4.69, 9.17) is 4.74 Å². The van der Waals surface area contributed by atoms with E-state index in [0.717, 1.165) is 30.5 Å². The summed E-state index contributed by atoms with van der Waals surface area (Å²) in [7, 11) is 1.37. The molecule has 1 unspecified atom stereocenters. The first kappa shape index (κ1) is 18.8. The highest BCUT2D eigenvalue weighted by molar-refractivity contribution is 7.99. The SMILES string of the molecule is COC(=O)c1c(NC(=O)CSc2nccc(C)n2)sc2c1CCC(C)C2. The molecule has 2 heterocycles. The van der Waals surface area contributed by atoms with Gasteiger partial charge in [-0.1, -0.05) is 18.7 Å². The first-order valence-corrected chi connectivity index (χ1v) is 10.2. The molecule has 1 aliphatic rings. The van der Waals surface area contributed by atoms with Crippen molar-refractivity contribution in [3.8, 4) is 0 Å². The summed E-state index contributed by atoms with van der Waals surface area (Å²) in [5.74, 6) is 0.200. The second kappa shape index (κ2) is 8.18. The number of fused-ring (bicyclic) bond motifs is 1. The first-order valence-electron chi connectivity index (χ1n) is 8.43. The van der Waals surface area contributed by atoms with E-state index < -0.39 is 0 Å². The Bertz CT molecular complexity index is 835. The number of esters is 1. The molecule has 138 valence electrons. The number of ether oxygens (including phenoxy) is 1. The van der Waals surface area contributed by atoms with Crippen molar-refractivity contribution >= 4 is 40.0 Å². The van der Waals surface area contributed by atoms with Gasteiger partial charge in [-0.3, -0.25) is 4.79 Å². The minimum Gasteiger partial charge on any atom is -0.465 e. The molecule has 1 N–H and O–H groups in total. The normalized spacial score (nSPS) is 16.0. The van der Waals surface area contributed by atoms with Crippen LogP contribution >= 0.6 is 23.1 Å². The zero-order valence-corrected chi connectivity index (χ0v) is 16.6. The highest BCUT2D eigenvalue weighted by Crippen LogP contribution is 2.40. The number of anilines is 1. The van der Waals surface area contributed by atoms with Gasteiger partial charge in [0.05, 0.1) is 18.4 Å². The third kappa shape index (κ3) is 4.24. The summed E-state index contributed by atoms with van der Waals surface area (Å²) >= 11 is 2.76. The second-order valence-corrected chi connectivity index (χ2v) is 8.41. The van der Waals surface area contributed by atoms with Gasteiger partial charge in [-0.2, -0.15) is 0 Å². The van der Waals surface area contributed by atoms with Crippen molar-refractivity contribution in [3.63, 3.8) is 0 Å². The quantitative estimate of drug-likeness (QED) is 0.477. The largest absolute Gasteiger partial charge is 0.465 e. The number of nitrogens with zero attached hydrogens (tertiary/aromatic N) is 2. The number of hydrogen-bond acceptors (Lipinski definition) is 7.